The summed E-state index contributed by atoms with van der Waals surface area (Å²) in [6.45, 7) is 6.40. The van der Waals surface area contributed by atoms with Gasteiger partial charge in [0.15, 0.2) is 0 Å². The maximum atomic E-state index is 14.7. The van der Waals surface area contributed by atoms with Crippen molar-refractivity contribution in [1.82, 2.24) is 20.2 Å². The van der Waals surface area contributed by atoms with Gasteiger partial charge in [-0.1, -0.05) is 46.0 Å². The Kier molecular flexibility index (Phi) is 9.95. The number of aromatic nitrogens is 2. The molecule has 4 aliphatic rings. The number of carbonyl (C=O) groups excluding carboxylic acids is 3. The zero-order chi connectivity index (χ0) is 33.2. The summed E-state index contributed by atoms with van der Waals surface area (Å²) in [6.07, 6.45) is 12.7. The number of carbonyl (C=O) groups is 3. The van der Waals surface area contributed by atoms with Crippen molar-refractivity contribution < 1.29 is 28.6 Å². The third-order valence-corrected chi connectivity index (χ3v) is 11.8. The van der Waals surface area contributed by atoms with Crippen LogP contribution in [0.25, 0.3) is 11.0 Å². The van der Waals surface area contributed by atoms with Gasteiger partial charge in [-0.3, -0.25) is 4.79 Å². The number of methoxy groups -OCH3 is 1. The molecule has 256 valence electrons. The van der Waals surface area contributed by atoms with Crippen molar-refractivity contribution in [2.45, 2.75) is 134 Å². The van der Waals surface area contributed by atoms with Gasteiger partial charge in [-0.2, -0.15) is 0 Å². The average Bonchev–Trinajstić information content (AvgIpc) is 3.61. The molecule has 1 aromatic heterocycles. The second-order valence-corrected chi connectivity index (χ2v) is 14.9. The van der Waals surface area contributed by atoms with E-state index in [1.165, 1.54) is 0 Å². The Morgan fingerprint density at radius 2 is 1.77 bits per heavy atom. The molecule has 47 heavy (non-hydrogen) atoms. The molecule has 1 N–H and O–H groups in total. The van der Waals surface area contributed by atoms with Crippen LogP contribution in [0.5, 0.6) is 11.6 Å². The van der Waals surface area contributed by atoms with Gasteiger partial charge >= 0.3 is 6.09 Å². The Bertz CT molecular complexity index is 1460. The van der Waals surface area contributed by atoms with Crippen LogP contribution in [-0.2, 0) is 20.7 Å². The Morgan fingerprint density at radius 1 is 1.00 bits per heavy atom. The molecule has 2 amide bonds. The van der Waals surface area contributed by atoms with E-state index < -0.39 is 35.3 Å². The molecule has 2 aliphatic heterocycles. The zero-order valence-electron chi connectivity index (χ0n) is 28.6. The van der Waals surface area contributed by atoms with Gasteiger partial charge in [-0.25, -0.2) is 14.8 Å². The van der Waals surface area contributed by atoms with Crippen LogP contribution in [0, 0.1) is 17.3 Å². The highest BCUT2D eigenvalue weighted by molar-refractivity contribution is 5.89. The zero-order valence-corrected chi connectivity index (χ0v) is 28.6. The van der Waals surface area contributed by atoms with E-state index in [4.69, 9.17) is 24.2 Å². The second kappa shape index (κ2) is 14.0. The van der Waals surface area contributed by atoms with Crippen LogP contribution < -0.4 is 14.8 Å². The molecule has 10 nitrogen and oxygen atoms in total. The van der Waals surface area contributed by atoms with Crippen molar-refractivity contribution in [1.29, 1.82) is 0 Å². The summed E-state index contributed by atoms with van der Waals surface area (Å²) < 4.78 is 18.4. The maximum absolute atomic E-state index is 14.7. The number of rotatable bonds is 4. The maximum Gasteiger partial charge on any atom is 0.408 e. The quantitative estimate of drug-likeness (QED) is 0.370. The summed E-state index contributed by atoms with van der Waals surface area (Å²) in [6, 6.07) is 4.17. The Labute approximate surface area is 278 Å². The van der Waals surface area contributed by atoms with E-state index in [1.54, 1.807) is 12.0 Å². The summed E-state index contributed by atoms with van der Waals surface area (Å²) in [4.78, 5) is 52.7. The summed E-state index contributed by atoms with van der Waals surface area (Å²) in [5.41, 5.74) is 1.22. The number of nitrogens with zero attached hydrogens (tertiary/aromatic N) is 3. The number of alkyl carbamates (subject to hydrolysis) is 1. The minimum Gasteiger partial charge on any atom is -0.497 e. The smallest absolute Gasteiger partial charge is 0.408 e. The third kappa shape index (κ3) is 6.79. The number of fused-ring (bicyclic) bond motifs is 5. The van der Waals surface area contributed by atoms with Crippen molar-refractivity contribution in [3.63, 3.8) is 0 Å². The van der Waals surface area contributed by atoms with Gasteiger partial charge < -0.3 is 29.2 Å². The largest absolute Gasteiger partial charge is 0.497 e. The SMILES string of the molecule is CC[C@@H]1[C@@H]2CN(C(=O)[C@H](C3(C)CCCCC3)NC(=O)O[C@]3(C)CCC[C@H]3CCCCCc3nc4ccc(OC)cc4nc3O2)[C@@H]1C=O. The van der Waals surface area contributed by atoms with Crippen LogP contribution in [-0.4, -0.2) is 70.6 Å². The number of aryl methyl sites for hydroxylation is 1. The molecule has 6 atom stereocenters. The fraction of sp³-hybridized carbons (Fsp3) is 0.703. The summed E-state index contributed by atoms with van der Waals surface area (Å²) >= 11 is 0. The molecule has 2 saturated carbocycles. The first-order valence-electron chi connectivity index (χ1n) is 17.9. The van der Waals surface area contributed by atoms with Crippen LogP contribution in [0.4, 0.5) is 4.79 Å². The first-order chi connectivity index (χ1) is 22.7. The molecule has 2 aliphatic carbocycles. The first kappa shape index (κ1) is 33.5. The van der Waals surface area contributed by atoms with Gasteiger partial charge in [0.2, 0.25) is 11.8 Å². The van der Waals surface area contributed by atoms with Crippen LogP contribution in [0.2, 0.25) is 0 Å². The van der Waals surface area contributed by atoms with E-state index in [0.29, 0.717) is 30.0 Å². The summed E-state index contributed by atoms with van der Waals surface area (Å²) in [5, 5.41) is 3.08. The highest BCUT2D eigenvalue weighted by atomic mass is 16.6. The van der Waals surface area contributed by atoms with Gasteiger partial charge in [-0.05, 0) is 88.2 Å². The number of aldehydes is 1. The lowest BCUT2D eigenvalue weighted by molar-refractivity contribution is -0.141. The molecule has 0 radical (unpaired) electrons. The molecule has 0 spiro atoms. The lowest BCUT2D eigenvalue weighted by Gasteiger charge is -2.42. The molecule has 6 rings (SSSR count). The highest BCUT2D eigenvalue weighted by Gasteiger charge is 2.51. The molecule has 0 unspecified atom stereocenters. The van der Waals surface area contributed by atoms with Gasteiger partial charge in [-0.15, -0.1) is 0 Å². The van der Waals surface area contributed by atoms with E-state index in [0.717, 1.165) is 94.5 Å². The van der Waals surface area contributed by atoms with E-state index in [2.05, 4.69) is 19.2 Å². The monoisotopic (exact) mass is 648 g/mol. The molecule has 1 aromatic carbocycles. The number of nitrogens with one attached hydrogen (secondary N) is 1. The highest BCUT2D eigenvalue weighted by Crippen LogP contribution is 2.44. The van der Waals surface area contributed by atoms with Crippen molar-refractivity contribution in [3.05, 3.63) is 23.9 Å². The van der Waals surface area contributed by atoms with E-state index in [9.17, 15) is 14.4 Å². The molecule has 2 bridgehead atoms. The molecule has 3 fully saturated rings. The van der Waals surface area contributed by atoms with Gasteiger partial charge in [0.1, 0.15) is 35.5 Å². The van der Waals surface area contributed by atoms with Crippen molar-refractivity contribution >= 4 is 29.3 Å². The van der Waals surface area contributed by atoms with Gasteiger partial charge in [0, 0.05) is 12.0 Å². The Balaban J connectivity index is 1.39. The van der Waals surface area contributed by atoms with Crippen LogP contribution in [0.1, 0.15) is 110 Å². The fourth-order valence-corrected chi connectivity index (χ4v) is 8.88. The fourth-order valence-electron chi connectivity index (χ4n) is 8.88. The number of hydrogen-bond donors (Lipinski definition) is 1. The van der Waals surface area contributed by atoms with Crippen LogP contribution in [0.3, 0.4) is 0 Å². The van der Waals surface area contributed by atoms with E-state index in [1.807, 2.05) is 25.1 Å². The predicted molar refractivity (Wildman–Crippen MR) is 178 cm³/mol. The molecule has 2 aromatic rings. The standard InChI is InChI=1S/C37H52N4O6/c1-5-26-30(23-42)41-22-31(26)46-33-28(38-27-17-16-25(45-4)21-29(27)39-33)15-9-6-8-13-24-14-12-20-37(24,3)47-35(44)40-32(34(41)43)36(2)18-10-7-11-19-36/h16-17,21,23-24,26,30-32H,5-15,18-20,22H2,1-4H3,(H,40,44)/t24-,26+,30-,31+,32-,37-/m1/s1. The van der Waals surface area contributed by atoms with E-state index >= 15 is 0 Å². The topological polar surface area (TPSA) is 120 Å². The number of amides is 2. The summed E-state index contributed by atoms with van der Waals surface area (Å²) in [5.74, 6) is 0.931. The lowest BCUT2D eigenvalue weighted by atomic mass is 9.70. The Morgan fingerprint density at radius 3 is 2.51 bits per heavy atom. The number of ether oxygens (including phenoxy) is 3. The van der Waals surface area contributed by atoms with Crippen LogP contribution in [0.15, 0.2) is 18.2 Å². The first-order valence-corrected chi connectivity index (χ1v) is 17.9. The van der Waals surface area contributed by atoms with Crippen molar-refractivity contribution in [3.8, 4) is 11.6 Å². The van der Waals surface area contributed by atoms with Crippen LogP contribution >= 0.6 is 0 Å². The predicted octanol–water partition coefficient (Wildman–Crippen LogP) is 6.56. The molecular formula is C37H52N4O6. The minimum atomic E-state index is -0.806. The Hall–Kier alpha value is -3.43. The van der Waals surface area contributed by atoms with E-state index in [-0.39, 0.29) is 24.3 Å². The second-order valence-electron chi connectivity index (χ2n) is 14.9. The number of hydrogen-bond acceptors (Lipinski definition) is 8. The average molecular weight is 649 g/mol. The van der Waals surface area contributed by atoms with Crippen molar-refractivity contribution in [2.75, 3.05) is 13.7 Å². The minimum absolute atomic E-state index is 0.223. The number of benzene rings is 1. The molecule has 3 heterocycles. The van der Waals surface area contributed by atoms with Gasteiger partial charge in [0.05, 0.1) is 30.7 Å². The molecular weight excluding hydrogens is 596 g/mol. The molecule has 10 heteroatoms. The summed E-state index contributed by atoms with van der Waals surface area (Å²) in [7, 11) is 1.62. The lowest BCUT2D eigenvalue weighted by Crippen LogP contribution is -2.59. The van der Waals surface area contributed by atoms with Gasteiger partial charge in [0.25, 0.3) is 0 Å². The third-order valence-electron chi connectivity index (χ3n) is 11.8. The van der Waals surface area contributed by atoms with Crippen molar-refractivity contribution in [2.24, 2.45) is 17.3 Å². The molecule has 1 saturated heterocycles. The normalized spacial score (nSPS) is 31.8.